The Balaban J connectivity index is 1.75. The van der Waals surface area contributed by atoms with Gasteiger partial charge in [0.15, 0.2) is 0 Å². The standard InChI is InChI=1S/C20H29NO2/c1-20(2,3)23-19(22)21-16-10-15-18(21)14-9-5-8-13-17-11-6-4-7-12-17/h4-7,9,11-12,18H,8,10,13-16H2,1-3H3/b9-5+. The summed E-state index contributed by atoms with van der Waals surface area (Å²) in [6.45, 7) is 6.57. The minimum absolute atomic E-state index is 0.169. The normalized spacial score (nSPS) is 18.6. The Morgan fingerprint density at radius 1 is 1.26 bits per heavy atom. The molecule has 3 heteroatoms. The first kappa shape index (κ1) is 17.6. The molecule has 0 spiro atoms. The molecule has 1 amide bonds. The highest BCUT2D eigenvalue weighted by atomic mass is 16.6. The molecule has 23 heavy (non-hydrogen) atoms. The number of aryl methyl sites for hydroxylation is 1. The number of allylic oxidation sites excluding steroid dienone is 1. The summed E-state index contributed by atoms with van der Waals surface area (Å²) in [6.07, 6.45) is 9.46. The van der Waals surface area contributed by atoms with Crippen molar-refractivity contribution in [1.29, 1.82) is 0 Å². The molecular formula is C20H29NO2. The molecule has 1 aliphatic rings. The van der Waals surface area contributed by atoms with Gasteiger partial charge in [-0.25, -0.2) is 4.79 Å². The smallest absolute Gasteiger partial charge is 0.410 e. The van der Waals surface area contributed by atoms with Crippen LogP contribution in [0.4, 0.5) is 4.79 Å². The van der Waals surface area contributed by atoms with E-state index in [0.717, 1.165) is 38.6 Å². The van der Waals surface area contributed by atoms with Gasteiger partial charge in [-0.3, -0.25) is 0 Å². The largest absolute Gasteiger partial charge is 0.444 e. The zero-order valence-corrected chi connectivity index (χ0v) is 14.6. The number of nitrogens with zero attached hydrogens (tertiary/aromatic N) is 1. The van der Waals surface area contributed by atoms with Crippen LogP contribution in [0.15, 0.2) is 42.5 Å². The maximum atomic E-state index is 12.2. The van der Waals surface area contributed by atoms with Gasteiger partial charge in [0.2, 0.25) is 0 Å². The number of ether oxygens (including phenoxy) is 1. The molecule has 1 fully saturated rings. The van der Waals surface area contributed by atoms with Gasteiger partial charge in [-0.05, 0) is 58.4 Å². The fourth-order valence-electron chi connectivity index (χ4n) is 2.91. The van der Waals surface area contributed by atoms with Crippen LogP contribution >= 0.6 is 0 Å². The second kappa shape index (κ2) is 8.19. The van der Waals surface area contributed by atoms with Gasteiger partial charge in [0, 0.05) is 12.6 Å². The molecule has 126 valence electrons. The maximum absolute atomic E-state index is 12.2. The molecule has 0 bridgehead atoms. The lowest BCUT2D eigenvalue weighted by molar-refractivity contribution is 0.0228. The molecule has 1 unspecified atom stereocenters. The van der Waals surface area contributed by atoms with Crippen molar-refractivity contribution in [3.05, 3.63) is 48.0 Å². The van der Waals surface area contributed by atoms with E-state index >= 15 is 0 Å². The summed E-state index contributed by atoms with van der Waals surface area (Å²) in [5.41, 5.74) is 0.948. The van der Waals surface area contributed by atoms with Crippen molar-refractivity contribution in [2.75, 3.05) is 6.54 Å². The van der Waals surface area contributed by atoms with Crippen LogP contribution in [0.1, 0.15) is 52.0 Å². The highest BCUT2D eigenvalue weighted by Gasteiger charge is 2.31. The van der Waals surface area contributed by atoms with Crippen LogP contribution in [0.3, 0.4) is 0 Å². The number of hydrogen-bond acceptors (Lipinski definition) is 2. The van der Waals surface area contributed by atoms with E-state index in [-0.39, 0.29) is 12.1 Å². The fraction of sp³-hybridized carbons (Fsp3) is 0.550. The third-order valence-electron chi connectivity index (χ3n) is 4.02. The van der Waals surface area contributed by atoms with Gasteiger partial charge in [0.1, 0.15) is 5.60 Å². The number of carbonyl (C=O) groups excluding carboxylic acids is 1. The third-order valence-corrected chi connectivity index (χ3v) is 4.02. The predicted molar refractivity (Wildman–Crippen MR) is 94.5 cm³/mol. The highest BCUT2D eigenvalue weighted by Crippen LogP contribution is 2.23. The second-order valence-electron chi connectivity index (χ2n) is 7.20. The Morgan fingerprint density at radius 3 is 2.70 bits per heavy atom. The van der Waals surface area contributed by atoms with Gasteiger partial charge < -0.3 is 9.64 Å². The van der Waals surface area contributed by atoms with Crippen molar-refractivity contribution in [2.24, 2.45) is 0 Å². The molecule has 1 aromatic rings. The molecule has 1 saturated heterocycles. The fourth-order valence-corrected chi connectivity index (χ4v) is 2.91. The summed E-state index contributed by atoms with van der Waals surface area (Å²) in [4.78, 5) is 14.1. The van der Waals surface area contributed by atoms with Crippen LogP contribution in [0.25, 0.3) is 0 Å². The Morgan fingerprint density at radius 2 is 2.00 bits per heavy atom. The number of carbonyl (C=O) groups is 1. The summed E-state index contributed by atoms with van der Waals surface area (Å²) < 4.78 is 5.50. The Labute approximate surface area is 140 Å². The first-order valence-electron chi connectivity index (χ1n) is 8.64. The molecule has 1 aliphatic heterocycles. The van der Waals surface area contributed by atoms with Gasteiger partial charge in [-0.2, -0.15) is 0 Å². The van der Waals surface area contributed by atoms with Crippen LogP contribution in [0.2, 0.25) is 0 Å². The zero-order valence-electron chi connectivity index (χ0n) is 14.6. The topological polar surface area (TPSA) is 29.5 Å². The van der Waals surface area contributed by atoms with E-state index in [1.807, 2.05) is 31.7 Å². The van der Waals surface area contributed by atoms with Gasteiger partial charge in [0.25, 0.3) is 0 Å². The molecule has 0 radical (unpaired) electrons. The molecule has 1 aromatic carbocycles. The number of amides is 1. The molecule has 0 aliphatic carbocycles. The van der Waals surface area contributed by atoms with Gasteiger partial charge in [-0.1, -0.05) is 42.5 Å². The Hall–Kier alpha value is -1.77. The van der Waals surface area contributed by atoms with Crippen LogP contribution in [-0.4, -0.2) is 29.2 Å². The van der Waals surface area contributed by atoms with E-state index in [2.05, 4.69) is 36.4 Å². The van der Waals surface area contributed by atoms with E-state index in [1.165, 1.54) is 5.56 Å². The number of likely N-dealkylation sites (tertiary alicyclic amines) is 1. The monoisotopic (exact) mass is 315 g/mol. The third kappa shape index (κ3) is 6.09. The number of benzene rings is 1. The molecule has 0 saturated carbocycles. The van der Waals surface area contributed by atoms with E-state index in [1.54, 1.807) is 0 Å². The second-order valence-corrected chi connectivity index (χ2v) is 7.20. The average Bonchev–Trinajstić information content (AvgIpc) is 2.95. The maximum Gasteiger partial charge on any atom is 0.410 e. The number of rotatable bonds is 5. The molecule has 3 nitrogen and oxygen atoms in total. The van der Waals surface area contributed by atoms with Crippen LogP contribution < -0.4 is 0 Å². The van der Waals surface area contributed by atoms with Crippen molar-refractivity contribution in [3.8, 4) is 0 Å². The molecule has 0 aromatic heterocycles. The van der Waals surface area contributed by atoms with Crippen molar-refractivity contribution >= 4 is 6.09 Å². The minimum atomic E-state index is -0.421. The highest BCUT2D eigenvalue weighted by molar-refractivity contribution is 5.69. The van der Waals surface area contributed by atoms with Crippen molar-refractivity contribution in [1.82, 2.24) is 4.90 Å². The number of hydrogen-bond donors (Lipinski definition) is 0. The van der Waals surface area contributed by atoms with Gasteiger partial charge in [0.05, 0.1) is 0 Å². The lowest BCUT2D eigenvalue weighted by Gasteiger charge is -2.28. The lowest BCUT2D eigenvalue weighted by atomic mass is 10.1. The Bertz CT molecular complexity index is 516. The molecular weight excluding hydrogens is 286 g/mol. The summed E-state index contributed by atoms with van der Waals surface area (Å²) in [6, 6.07) is 10.8. The van der Waals surface area contributed by atoms with Gasteiger partial charge >= 0.3 is 6.09 Å². The summed E-state index contributed by atoms with van der Waals surface area (Å²) >= 11 is 0. The van der Waals surface area contributed by atoms with Gasteiger partial charge in [-0.15, -0.1) is 0 Å². The van der Waals surface area contributed by atoms with Crippen molar-refractivity contribution < 1.29 is 9.53 Å². The van der Waals surface area contributed by atoms with Crippen LogP contribution in [0.5, 0.6) is 0 Å². The molecule has 2 rings (SSSR count). The lowest BCUT2D eigenvalue weighted by Crippen LogP contribution is -2.39. The van der Waals surface area contributed by atoms with E-state index in [9.17, 15) is 4.79 Å². The van der Waals surface area contributed by atoms with Crippen molar-refractivity contribution in [2.45, 2.75) is 64.5 Å². The minimum Gasteiger partial charge on any atom is -0.444 e. The van der Waals surface area contributed by atoms with Crippen molar-refractivity contribution in [3.63, 3.8) is 0 Å². The average molecular weight is 315 g/mol. The van der Waals surface area contributed by atoms with E-state index < -0.39 is 5.60 Å². The first-order valence-corrected chi connectivity index (χ1v) is 8.64. The van der Waals surface area contributed by atoms with Crippen LogP contribution in [-0.2, 0) is 11.2 Å². The SMILES string of the molecule is CC(C)(C)OC(=O)N1CCCC1C/C=C/CCc1ccccc1. The van der Waals surface area contributed by atoms with E-state index in [4.69, 9.17) is 4.74 Å². The zero-order chi connectivity index (χ0) is 16.7. The molecule has 0 N–H and O–H groups in total. The van der Waals surface area contributed by atoms with Crippen LogP contribution in [0, 0.1) is 0 Å². The summed E-state index contributed by atoms with van der Waals surface area (Å²) in [5, 5.41) is 0. The molecule has 1 heterocycles. The molecule has 1 atom stereocenters. The predicted octanol–water partition coefficient (Wildman–Crippen LogP) is 4.97. The van der Waals surface area contributed by atoms with E-state index in [0.29, 0.717) is 0 Å². The quantitative estimate of drug-likeness (QED) is 0.718. The Kier molecular flexibility index (Phi) is 6.26. The summed E-state index contributed by atoms with van der Waals surface area (Å²) in [5.74, 6) is 0. The first-order chi connectivity index (χ1) is 11.0. The summed E-state index contributed by atoms with van der Waals surface area (Å²) in [7, 11) is 0.